The van der Waals surface area contributed by atoms with Gasteiger partial charge in [0.1, 0.15) is 5.82 Å². The first kappa shape index (κ1) is 15.8. The van der Waals surface area contributed by atoms with E-state index in [1.54, 1.807) is 0 Å². The summed E-state index contributed by atoms with van der Waals surface area (Å²) in [6, 6.07) is 12.2. The van der Waals surface area contributed by atoms with Crippen LogP contribution in [-0.4, -0.2) is 22.1 Å². The first-order valence-electron chi connectivity index (χ1n) is 9.41. The number of halogens is 1. The second kappa shape index (κ2) is 6.36. The molecule has 0 spiro atoms. The third-order valence-corrected chi connectivity index (χ3v) is 5.93. The van der Waals surface area contributed by atoms with Crippen molar-refractivity contribution >= 4 is 0 Å². The van der Waals surface area contributed by atoms with Gasteiger partial charge in [-0.05, 0) is 84.7 Å². The van der Waals surface area contributed by atoms with Crippen LogP contribution in [0, 0.1) is 5.82 Å². The standard InChI is InChI=1S/C22H22FN3/c23-17-3-1-15(2-4-17)22-21(14-7-9-24-10-8-14)20(13-25-22)16-11-18-5-6-19(12-16)26-18/h1-4,7-10,13,16,18-19,25-26H,5-6,11-12H2. The van der Waals surface area contributed by atoms with Crippen LogP contribution in [0.4, 0.5) is 4.39 Å². The number of aromatic nitrogens is 2. The van der Waals surface area contributed by atoms with E-state index in [9.17, 15) is 4.39 Å². The summed E-state index contributed by atoms with van der Waals surface area (Å²) in [5, 5.41) is 3.73. The number of hydrogen-bond acceptors (Lipinski definition) is 2. The number of rotatable bonds is 3. The number of fused-ring (bicyclic) bond motifs is 2. The molecule has 4 heteroatoms. The van der Waals surface area contributed by atoms with Crippen molar-refractivity contribution in [2.45, 2.75) is 43.7 Å². The van der Waals surface area contributed by atoms with Gasteiger partial charge in [0.25, 0.3) is 0 Å². The first-order valence-corrected chi connectivity index (χ1v) is 9.41. The van der Waals surface area contributed by atoms with Gasteiger partial charge in [-0.2, -0.15) is 0 Å². The lowest BCUT2D eigenvalue weighted by molar-refractivity contribution is 0.364. The molecule has 0 aliphatic carbocycles. The van der Waals surface area contributed by atoms with Gasteiger partial charge in [0.2, 0.25) is 0 Å². The molecule has 2 aromatic heterocycles. The maximum atomic E-state index is 13.4. The summed E-state index contributed by atoms with van der Waals surface area (Å²) in [4.78, 5) is 7.67. The van der Waals surface area contributed by atoms with Crippen LogP contribution in [0.25, 0.3) is 22.4 Å². The predicted octanol–water partition coefficient (Wildman–Crippen LogP) is 4.88. The quantitative estimate of drug-likeness (QED) is 0.709. The van der Waals surface area contributed by atoms with E-state index in [-0.39, 0.29) is 5.82 Å². The minimum Gasteiger partial charge on any atom is -0.360 e. The number of nitrogens with zero attached hydrogens (tertiary/aromatic N) is 1. The molecule has 1 aromatic carbocycles. The number of H-pyrrole nitrogens is 1. The molecule has 2 unspecified atom stereocenters. The fourth-order valence-corrected chi connectivity index (χ4v) is 4.75. The summed E-state index contributed by atoms with van der Waals surface area (Å²) >= 11 is 0. The lowest BCUT2D eigenvalue weighted by Crippen LogP contribution is -2.37. The van der Waals surface area contributed by atoms with Gasteiger partial charge < -0.3 is 10.3 Å². The fraction of sp³-hybridized carbons (Fsp3) is 0.318. The monoisotopic (exact) mass is 347 g/mol. The zero-order chi connectivity index (χ0) is 17.5. The number of aromatic amines is 1. The molecule has 5 rings (SSSR count). The zero-order valence-electron chi connectivity index (χ0n) is 14.6. The van der Waals surface area contributed by atoms with E-state index >= 15 is 0 Å². The summed E-state index contributed by atoms with van der Waals surface area (Å²) < 4.78 is 13.4. The Morgan fingerprint density at radius 1 is 0.885 bits per heavy atom. The molecule has 3 nitrogen and oxygen atoms in total. The Bertz CT molecular complexity index is 889. The van der Waals surface area contributed by atoms with Crippen molar-refractivity contribution < 1.29 is 4.39 Å². The van der Waals surface area contributed by atoms with E-state index in [4.69, 9.17) is 0 Å². The van der Waals surface area contributed by atoms with Gasteiger partial charge in [0.05, 0.1) is 5.69 Å². The van der Waals surface area contributed by atoms with Gasteiger partial charge in [-0.3, -0.25) is 4.98 Å². The molecule has 2 atom stereocenters. The van der Waals surface area contributed by atoms with Crippen molar-refractivity contribution in [2.24, 2.45) is 0 Å². The first-order chi connectivity index (χ1) is 12.8. The van der Waals surface area contributed by atoms with Crippen LogP contribution in [-0.2, 0) is 0 Å². The molecule has 2 aliphatic rings. The van der Waals surface area contributed by atoms with Crippen LogP contribution >= 0.6 is 0 Å². The van der Waals surface area contributed by atoms with Gasteiger partial charge in [-0.25, -0.2) is 4.39 Å². The summed E-state index contributed by atoms with van der Waals surface area (Å²) in [7, 11) is 0. The summed E-state index contributed by atoms with van der Waals surface area (Å²) in [6.45, 7) is 0. The van der Waals surface area contributed by atoms with Crippen molar-refractivity contribution in [3.05, 3.63) is 66.4 Å². The van der Waals surface area contributed by atoms with E-state index in [0.717, 1.165) is 11.3 Å². The summed E-state index contributed by atoms with van der Waals surface area (Å²) in [5.41, 5.74) is 5.87. The summed E-state index contributed by atoms with van der Waals surface area (Å²) in [6.07, 6.45) is 10.8. The van der Waals surface area contributed by atoms with Crippen molar-refractivity contribution in [1.29, 1.82) is 0 Å². The molecule has 0 saturated carbocycles. The topological polar surface area (TPSA) is 40.7 Å². The fourth-order valence-electron chi connectivity index (χ4n) is 4.75. The van der Waals surface area contributed by atoms with Crippen molar-refractivity contribution in [2.75, 3.05) is 0 Å². The molecular weight excluding hydrogens is 325 g/mol. The number of pyridine rings is 1. The lowest BCUT2D eigenvalue weighted by Gasteiger charge is -2.29. The molecule has 2 saturated heterocycles. The molecule has 2 bridgehead atoms. The molecule has 2 aliphatic heterocycles. The highest BCUT2D eigenvalue weighted by Crippen LogP contribution is 2.44. The third-order valence-electron chi connectivity index (χ3n) is 5.93. The SMILES string of the molecule is Fc1ccc(-c2[nH]cc(C3CC4CCC(C3)N4)c2-c2ccncc2)cc1. The largest absolute Gasteiger partial charge is 0.360 e. The molecule has 2 N–H and O–H groups in total. The summed E-state index contributed by atoms with van der Waals surface area (Å²) in [5.74, 6) is 0.350. The molecule has 26 heavy (non-hydrogen) atoms. The predicted molar refractivity (Wildman–Crippen MR) is 101 cm³/mol. The molecule has 132 valence electrons. The molecule has 0 radical (unpaired) electrons. The van der Waals surface area contributed by atoms with E-state index in [2.05, 4.69) is 33.6 Å². The Labute approximate surface area is 152 Å². The number of nitrogens with one attached hydrogen (secondary N) is 2. The Morgan fingerprint density at radius 2 is 1.58 bits per heavy atom. The minimum absolute atomic E-state index is 0.207. The number of benzene rings is 1. The Kier molecular flexibility index (Phi) is 3.86. The lowest BCUT2D eigenvalue weighted by atomic mass is 9.83. The molecule has 4 heterocycles. The van der Waals surface area contributed by atoms with Crippen LogP contribution in [0.1, 0.15) is 37.2 Å². The number of piperidine rings is 1. The normalized spacial score (nSPS) is 24.7. The zero-order valence-corrected chi connectivity index (χ0v) is 14.6. The van der Waals surface area contributed by atoms with Gasteiger partial charge in [-0.1, -0.05) is 0 Å². The highest BCUT2D eigenvalue weighted by molar-refractivity contribution is 5.84. The second-order valence-corrected chi connectivity index (χ2v) is 7.54. The second-order valence-electron chi connectivity index (χ2n) is 7.54. The highest BCUT2D eigenvalue weighted by Gasteiger charge is 2.35. The maximum Gasteiger partial charge on any atom is 0.123 e. The maximum absolute atomic E-state index is 13.4. The van der Waals surface area contributed by atoms with Crippen molar-refractivity contribution in [3.8, 4) is 22.4 Å². The Morgan fingerprint density at radius 3 is 2.27 bits per heavy atom. The van der Waals surface area contributed by atoms with Crippen LogP contribution in [0.5, 0.6) is 0 Å². The number of hydrogen-bond donors (Lipinski definition) is 2. The van der Waals surface area contributed by atoms with Crippen LogP contribution < -0.4 is 5.32 Å². The Hall–Kier alpha value is -2.46. The smallest absolute Gasteiger partial charge is 0.123 e. The van der Waals surface area contributed by atoms with Crippen molar-refractivity contribution in [1.82, 2.24) is 15.3 Å². The van der Waals surface area contributed by atoms with Crippen LogP contribution in [0.15, 0.2) is 55.0 Å². The molecule has 2 fully saturated rings. The van der Waals surface area contributed by atoms with Gasteiger partial charge in [0.15, 0.2) is 0 Å². The molecule has 3 aromatic rings. The minimum atomic E-state index is -0.207. The van der Waals surface area contributed by atoms with Gasteiger partial charge in [-0.15, -0.1) is 0 Å². The Balaban J connectivity index is 1.62. The van der Waals surface area contributed by atoms with Gasteiger partial charge >= 0.3 is 0 Å². The van der Waals surface area contributed by atoms with Crippen molar-refractivity contribution in [3.63, 3.8) is 0 Å². The average molecular weight is 347 g/mol. The van der Waals surface area contributed by atoms with Gasteiger partial charge in [0, 0.05) is 36.2 Å². The van der Waals surface area contributed by atoms with Crippen LogP contribution in [0.2, 0.25) is 0 Å². The van der Waals surface area contributed by atoms with E-state index in [1.165, 1.54) is 54.5 Å². The average Bonchev–Trinajstić information content (AvgIpc) is 3.26. The molecular formula is C22H22FN3. The van der Waals surface area contributed by atoms with E-state index < -0.39 is 0 Å². The van der Waals surface area contributed by atoms with E-state index in [1.807, 2.05) is 24.5 Å². The van der Waals surface area contributed by atoms with Crippen LogP contribution in [0.3, 0.4) is 0 Å². The third kappa shape index (κ3) is 2.74. The van der Waals surface area contributed by atoms with E-state index in [0.29, 0.717) is 18.0 Å². The highest BCUT2D eigenvalue weighted by atomic mass is 19.1. The molecule has 0 amide bonds.